The molecular weight excluding hydrogens is 112 g/mol. The van der Waals surface area contributed by atoms with E-state index in [0.717, 1.165) is 19.0 Å². The van der Waals surface area contributed by atoms with E-state index < -0.39 is 0 Å². The van der Waals surface area contributed by atoms with Gasteiger partial charge in [-0.05, 0) is 18.8 Å². The molecule has 50 valence electrons. The van der Waals surface area contributed by atoms with E-state index in [0.29, 0.717) is 0 Å². The van der Waals surface area contributed by atoms with Gasteiger partial charge in [-0.1, -0.05) is 11.6 Å². The van der Waals surface area contributed by atoms with Crippen LogP contribution in [0.5, 0.6) is 0 Å². The summed E-state index contributed by atoms with van der Waals surface area (Å²) in [5, 5.41) is 1.91. The van der Waals surface area contributed by atoms with Crippen LogP contribution in [0.4, 0.5) is 0 Å². The summed E-state index contributed by atoms with van der Waals surface area (Å²) in [4.78, 5) is 0. The van der Waals surface area contributed by atoms with Gasteiger partial charge >= 0.3 is 0 Å². The third-order valence-corrected chi connectivity index (χ3v) is 2.29. The quantitative estimate of drug-likeness (QED) is 0.376. The lowest BCUT2D eigenvalue weighted by Crippen LogP contribution is -2.28. The smallest absolute Gasteiger partial charge is 0.0342 e. The second-order valence-electron chi connectivity index (χ2n) is 2.98. The van der Waals surface area contributed by atoms with Crippen molar-refractivity contribution in [3.8, 4) is 0 Å². The number of fused-ring (bicyclic) bond motifs is 1. The Morgan fingerprint density at radius 1 is 1.67 bits per heavy atom. The Labute approximate surface area is 55.3 Å². The average Bonchev–Trinajstić information content (AvgIpc) is 2.22. The maximum atomic E-state index is 5.62. The van der Waals surface area contributed by atoms with Gasteiger partial charge in [-0.15, -0.1) is 0 Å². The summed E-state index contributed by atoms with van der Waals surface area (Å²) < 4.78 is 0. The minimum atomic E-state index is 0.815. The molecular formula is C7H12N2. The van der Waals surface area contributed by atoms with Gasteiger partial charge in [0.05, 0.1) is 0 Å². The second-order valence-corrected chi connectivity index (χ2v) is 2.98. The minimum absolute atomic E-state index is 0.815. The summed E-state index contributed by atoms with van der Waals surface area (Å²) in [5.41, 5.74) is 1.58. The SMILES string of the molecule is NN1CC2=CCCC2C1. The van der Waals surface area contributed by atoms with Gasteiger partial charge in [0.15, 0.2) is 0 Å². The van der Waals surface area contributed by atoms with Gasteiger partial charge in [-0.2, -0.15) is 0 Å². The number of nitrogens with two attached hydrogens (primary N) is 1. The van der Waals surface area contributed by atoms with Crippen LogP contribution in [0.1, 0.15) is 12.8 Å². The Hall–Kier alpha value is -0.340. The first-order chi connectivity index (χ1) is 4.36. The molecule has 1 heterocycles. The van der Waals surface area contributed by atoms with Crippen molar-refractivity contribution in [3.63, 3.8) is 0 Å². The van der Waals surface area contributed by atoms with Gasteiger partial charge in [0.2, 0.25) is 0 Å². The largest absolute Gasteiger partial charge is 0.268 e. The van der Waals surface area contributed by atoms with Gasteiger partial charge in [-0.3, -0.25) is 5.84 Å². The predicted octanol–water partition coefficient (Wildman–Crippen LogP) is 0.512. The van der Waals surface area contributed by atoms with Crippen molar-refractivity contribution >= 4 is 0 Å². The number of hydrazine groups is 1. The lowest BCUT2D eigenvalue weighted by atomic mass is 10.1. The molecule has 1 atom stereocenters. The molecule has 0 aromatic carbocycles. The Balaban J connectivity index is 2.15. The normalized spacial score (nSPS) is 34.8. The first kappa shape index (κ1) is 5.45. The molecule has 0 spiro atoms. The molecule has 2 nitrogen and oxygen atoms in total. The molecule has 2 aliphatic rings. The second kappa shape index (κ2) is 1.82. The van der Waals surface area contributed by atoms with Crippen LogP contribution in [-0.4, -0.2) is 18.1 Å². The van der Waals surface area contributed by atoms with Gasteiger partial charge in [0.1, 0.15) is 0 Å². The van der Waals surface area contributed by atoms with Crippen molar-refractivity contribution in [2.45, 2.75) is 12.8 Å². The van der Waals surface area contributed by atoms with E-state index in [-0.39, 0.29) is 0 Å². The summed E-state index contributed by atoms with van der Waals surface area (Å²) in [6.07, 6.45) is 4.97. The minimum Gasteiger partial charge on any atom is -0.268 e. The zero-order valence-electron chi connectivity index (χ0n) is 5.51. The van der Waals surface area contributed by atoms with Crippen molar-refractivity contribution in [2.24, 2.45) is 11.8 Å². The number of allylic oxidation sites excluding steroid dienone is 1. The van der Waals surface area contributed by atoms with Crippen LogP contribution >= 0.6 is 0 Å². The maximum absolute atomic E-state index is 5.62. The molecule has 2 heteroatoms. The molecule has 0 aromatic heterocycles. The average molecular weight is 124 g/mol. The molecule has 1 aliphatic heterocycles. The van der Waals surface area contributed by atoms with E-state index in [4.69, 9.17) is 5.84 Å². The third kappa shape index (κ3) is 0.787. The van der Waals surface area contributed by atoms with Gasteiger partial charge in [-0.25, -0.2) is 5.01 Å². The highest BCUT2D eigenvalue weighted by atomic mass is 15.4. The van der Waals surface area contributed by atoms with Crippen LogP contribution in [0.15, 0.2) is 11.6 Å². The first-order valence-electron chi connectivity index (χ1n) is 3.55. The predicted molar refractivity (Wildman–Crippen MR) is 36.6 cm³/mol. The van der Waals surface area contributed by atoms with Gasteiger partial charge in [0, 0.05) is 13.1 Å². The van der Waals surface area contributed by atoms with Crippen LogP contribution in [-0.2, 0) is 0 Å². The third-order valence-electron chi connectivity index (χ3n) is 2.29. The highest BCUT2D eigenvalue weighted by Crippen LogP contribution is 2.30. The summed E-state index contributed by atoms with van der Waals surface area (Å²) >= 11 is 0. The van der Waals surface area contributed by atoms with Crippen molar-refractivity contribution in [3.05, 3.63) is 11.6 Å². The topological polar surface area (TPSA) is 29.3 Å². The molecule has 0 saturated carbocycles. The number of hydrogen-bond donors (Lipinski definition) is 1. The molecule has 1 fully saturated rings. The van der Waals surface area contributed by atoms with E-state index in [2.05, 4.69) is 6.08 Å². The summed E-state index contributed by atoms with van der Waals surface area (Å²) in [5.74, 6) is 6.43. The van der Waals surface area contributed by atoms with Crippen LogP contribution in [0, 0.1) is 5.92 Å². The molecule has 9 heavy (non-hydrogen) atoms. The fraction of sp³-hybridized carbons (Fsp3) is 0.714. The summed E-state index contributed by atoms with van der Waals surface area (Å²) in [6, 6.07) is 0. The van der Waals surface area contributed by atoms with Crippen molar-refractivity contribution in [1.29, 1.82) is 0 Å². The van der Waals surface area contributed by atoms with Crippen molar-refractivity contribution in [1.82, 2.24) is 5.01 Å². The van der Waals surface area contributed by atoms with E-state index in [1.165, 1.54) is 12.8 Å². The lowest BCUT2D eigenvalue weighted by molar-refractivity contribution is 0.334. The highest BCUT2D eigenvalue weighted by molar-refractivity contribution is 5.18. The molecule has 0 radical (unpaired) electrons. The van der Waals surface area contributed by atoms with Crippen LogP contribution < -0.4 is 5.84 Å². The van der Waals surface area contributed by atoms with E-state index in [9.17, 15) is 0 Å². The Bertz CT molecular complexity index is 151. The molecule has 0 aromatic rings. The van der Waals surface area contributed by atoms with E-state index >= 15 is 0 Å². The monoisotopic (exact) mass is 124 g/mol. The van der Waals surface area contributed by atoms with Crippen molar-refractivity contribution < 1.29 is 0 Å². The molecule has 2 rings (SSSR count). The highest BCUT2D eigenvalue weighted by Gasteiger charge is 2.27. The lowest BCUT2D eigenvalue weighted by Gasteiger charge is -2.05. The van der Waals surface area contributed by atoms with Crippen LogP contribution in [0.25, 0.3) is 0 Å². The van der Waals surface area contributed by atoms with Crippen LogP contribution in [0.3, 0.4) is 0 Å². The molecule has 1 saturated heterocycles. The first-order valence-corrected chi connectivity index (χ1v) is 3.55. The Morgan fingerprint density at radius 3 is 3.33 bits per heavy atom. The fourth-order valence-electron chi connectivity index (χ4n) is 1.81. The molecule has 0 amide bonds. The summed E-state index contributed by atoms with van der Waals surface area (Å²) in [6.45, 7) is 2.11. The molecule has 1 unspecified atom stereocenters. The molecule has 1 aliphatic carbocycles. The number of nitrogens with zero attached hydrogens (tertiary/aromatic N) is 1. The zero-order valence-corrected chi connectivity index (χ0v) is 5.51. The number of hydrogen-bond acceptors (Lipinski definition) is 2. The maximum Gasteiger partial charge on any atom is 0.0342 e. The van der Waals surface area contributed by atoms with Crippen molar-refractivity contribution in [2.75, 3.05) is 13.1 Å². The fourth-order valence-corrected chi connectivity index (χ4v) is 1.81. The number of rotatable bonds is 0. The van der Waals surface area contributed by atoms with Gasteiger partial charge in [0.25, 0.3) is 0 Å². The van der Waals surface area contributed by atoms with E-state index in [1.807, 2.05) is 5.01 Å². The molecule has 0 bridgehead atoms. The van der Waals surface area contributed by atoms with E-state index in [1.54, 1.807) is 5.57 Å². The van der Waals surface area contributed by atoms with Gasteiger partial charge < -0.3 is 0 Å². The van der Waals surface area contributed by atoms with Crippen LogP contribution in [0.2, 0.25) is 0 Å². The Morgan fingerprint density at radius 2 is 2.56 bits per heavy atom. The molecule has 2 N–H and O–H groups in total. The summed E-state index contributed by atoms with van der Waals surface area (Å²) in [7, 11) is 0. The Kier molecular flexibility index (Phi) is 1.10. The zero-order chi connectivity index (χ0) is 6.27. The standard InChI is InChI=1S/C7H12N2/c8-9-4-6-2-1-3-7(6)5-9/h2,7H,1,3-5,8H2.